The third-order valence-electron chi connectivity index (χ3n) is 3.39. The van der Waals surface area contributed by atoms with Gasteiger partial charge in [0.1, 0.15) is 11.5 Å². The number of carbonyl (C=O) groups excluding carboxylic acids is 1. The van der Waals surface area contributed by atoms with E-state index in [4.69, 9.17) is 9.47 Å². The van der Waals surface area contributed by atoms with Crippen LogP contribution in [0.25, 0.3) is 0 Å². The molecule has 0 radical (unpaired) electrons. The summed E-state index contributed by atoms with van der Waals surface area (Å²) in [5.41, 5.74) is 0.471. The minimum atomic E-state index is -2.92. The molecule has 0 bridgehead atoms. The number of hydrogen-bond donors (Lipinski definition) is 2. The number of methoxy groups -OCH3 is 1. The standard InChI is InChI=1S/C18H27F2N3O4/c1-4-21-18(22-10-6-7-16(24)26-5-2)23-12-13-11-14(25-3)8-9-15(13)27-17(19)20/h8-9,11,17H,4-7,10,12H2,1-3H3,(H2,21,22,23). The van der Waals surface area contributed by atoms with Crippen LogP contribution in [0.3, 0.4) is 0 Å². The number of nitrogens with zero attached hydrogens (tertiary/aromatic N) is 1. The number of rotatable bonds is 11. The quantitative estimate of drug-likeness (QED) is 0.263. The summed E-state index contributed by atoms with van der Waals surface area (Å²) in [6.45, 7) is 2.37. The normalized spacial score (nSPS) is 11.3. The van der Waals surface area contributed by atoms with Gasteiger partial charge in [-0.3, -0.25) is 4.79 Å². The number of esters is 1. The van der Waals surface area contributed by atoms with Crippen molar-refractivity contribution in [1.29, 1.82) is 0 Å². The summed E-state index contributed by atoms with van der Waals surface area (Å²) >= 11 is 0. The van der Waals surface area contributed by atoms with Crippen LogP contribution in [0.4, 0.5) is 8.78 Å². The van der Waals surface area contributed by atoms with Crippen LogP contribution in [-0.4, -0.2) is 45.3 Å². The van der Waals surface area contributed by atoms with Crippen molar-refractivity contribution in [3.05, 3.63) is 23.8 Å². The van der Waals surface area contributed by atoms with Gasteiger partial charge in [-0.1, -0.05) is 0 Å². The summed E-state index contributed by atoms with van der Waals surface area (Å²) in [5.74, 6) is 0.834. The first kappa shape index (κ1) is 22.5. The van der Waals surface area contributed by atoms with E-state index in [1.807, 2.05) is 6.92 Å². The molecule has 0 aliphatic heterocycles. The Balaban J connectivity index is 2.71. The molecule has 0 fully saturated rings. The number of alkyl halides is 2. The third kappa shape index (κ3) is 9.07. The monoisotopic (exact) mass is 387 g/mol. The average molecular weight is 387 g/mol. The molecule has 1 aromatic rings. The van der Waals surface area contributed by atoms with Crippen molar-refractivity contribution in [1.82, 2.24) is 10.6 Å². The number of aliphatic imine (C=N–C) groups is 1. The molecule has 0 atom stereocenters. The summed E-state index contributed by atoms with van der Waals surface area (Å²) in [5, 5.41) is 6.15. The third-order valence-corrected chi connectivity index (χ3v) is 3.39. The van der Waals surface area contributed by atoms with E-state index in [9.17, 15) is 13.6 Å². The van der Waals surface area contributed by atoms with Crippen molar-refractivity contribution in [3.63, 3.8) is 0 Å². The second kappa shape index (κ2) is 12.7. The van der Waals surface area contributed by atoms with Crippen molar-refractivity contribution in [3.8, 4) is 11.5 Å². The zero-order valence-corrected chi connectivity index (χ0v) is 15.9. The van der Waals surface area contributed by atoms with Gasteiger partial charge in [0, 0.05) is 25.1 Å². The first-order valence-corrected chi connectivity index (χ1v) is 8.79. The molecule has 0 amide bonds. The first-order valence-electron chi connectivity index (χ1n) is 8.79. The van der Waals surface area contributed by atoms with Gasteiger partial charge in [0.25, 0.3) is 0 Å². The molecular formula is C18H27F2N3O4. The average Bonchev–Trinajstić information content (AvgIpc) is 2.63. The number of hydrogen-bond acceptors (Lipinski definition) is 5. The van der Waals surface area contributed by atoms with E-state index in [2.05, 4.69) is 20.4 Å². The zero-order valence-electron chi connectivity index (χ0n) is 15.9. The Kier molecular flexibility index (Phi) is 10.6. The Labute approximate surface area is 158 Å². The summed E-state index contributed by atoms with van der Waals surface area (Å²) in [6, 6.07) is 4.57. The Morgan fingerprint density at radius 3 is 2.67 bits per heavy atom. The molecule has 7 nitrogen and oxygen atoms in total. The summed E-state index contributed by atoms with van der Waals surface area (Å²) in [4.78, 5) is 15.7. The van der Waals surface area contributed by atoms with E-state index in [1.165, 1.54) is 13.2 Å². The second-order valence-corrected chi connectivity index (χ2v) is 5.38. The highest BCUT2D eigenvalue weighted by molar-refractivity contribution is 5.79. The van der Waals surface area contributed by atoms with Gasteiger partial charge in [-0.2, -0.15) is 8.78 Å². The molecule has 27 heavy (non-hydrogen) atoms. The molecule has 0 unspecified atom stereocenters. The van der Waals surface area contributed by atoms with Crippen molar-refractivity contribution < 1.29 is 27.8 Å². The van der Waals surface area contributed by atoms with Crippen LogP contribution in [0.1, 0.15) is 32.3 Å². The maximum atomic E-state index is 12.6. The smallest absolute Gasteiger partial charge is 0.387 e. The fourth-order valence-corrected chi connectivity index (χ4v) is 2.20. The van der Waals surface area contributed by atoms with E-state index < -0.39 is 6.61 Å². The molecule has 0 aliphatic rings. The van der Waals surface area contributed by atoms with E-state index in [1.54, 1.807) is 19.1 Å². The predicted molar refractivity (Wildman–Crippen MR) is 98.3 cm³/mol. The van der Waals surface area contributed by atoms with Crippen molar-refractivity contribution >= 4 is 11.9 Å². The van der Waals surface area contributed by atoms with E-state index >= 15 is 0 Å². The summed E-state index contributed by atoms with van der Waals surface area (Å²) < 4.78 is 39.7. The minimum absolute atomic E-state index is 0.0488. The highest BCUT2D eigenvalue weighted by Crippen LogP contribution is 2.26. The van der Waals surface area contributed by atoms with E-state index in [0.717, 1.165) is 0 Å². The molecule has 0 saturated heterocycles. The Hall–Kier alpha value is -2.58. The van der Waals surface area contributed by atoms with Crippen molar-refractivity contribution in [2.24, 2.45) is 4.99 Å². The predicted octanol–water partition coefficient (Wildman–Crippen LogP) is 2.70. The number of benzene rings is 1. The summed E-state index contributed by atoms with van der Waals surface area (Å²) in [6.07, 6.45) is 0.894. The van der Waals surface area contributed by atoms with Gasteiger partial charge in [0.05, 0.1) is 20.3 Å². The lowest BCUT2D eigenvalue weighted by Gasteiger charge is -2.13. The maximum Gasteiger partial charge on any atom is 0.387 e. The fraction of sp³-hybridized carbons (Fsp3) is 0.556. The van der Waals surface area contributed by atoms with Gasteiger partial charge >= 0.3 is 12.6 Å². The lowest BCUT2D eigenvalue weighted by Crippen LogP contribution is -2.37. The topological polar surface area (TPSA) is 81.2 Å². The Bertz CT molecular complexity index is 612. The fourth-order valence-electron chi connectivity index (χ4n) is 2.20. The molecule has 1 aromatic carbocycles. The van der Waals surface area contributed by atoms with Crippen molar-refractivity contribution in [2.45, 2.75) is 39.8 Å². The van der Waals surface area contributed by atoms with E-state index in [-0.39, 0.29) is 18.3 Å². The molecule has 152 valence electrons. The van der Waals surface area contributed by atoms with Gasteiger partial charge in [-0.05, 0) is 38.5 Å². The lowest BCUT2D eigenvalue weighted by atomic mass is 10.2. The number of ether oxygens (including phenoxy) is 3. The van der Waals surface area contributed by atoms with Crippen LogP contribution in [0.15, 0.2) is 23.2 Å². The molecule has 0 aromatic heterocycles. The van der Waals surface area contributed by atoms with Crippen LogP contribution in [0, 0.1) is 0 Å². The highest BCUT2D eigenvalue weighted by atomic mass is 19.3. The molecule has 0 saturated carbocycles. The van der Waals surface area contributed by atoms with Gasteiger partial charge < -0.3 is 24.8 Å². The minimum Gasteiger partial charge on any atom is -0.497 e. The molecule has 9 heteroatoms. The summed E-state index contributed by atoms with van der Waals surface area (Å²) in [7, 11) is 1.49. The number of carbonyl (C=O) groups is 1. The molecule has 0 heterocycles. The molecule has 2 N–H and O–H groups in total. The lowest BCUT2D eigenvalue weighted by molar-refractivity contribution is -0.143. The largest absolute Gasteiger partial charge is 0.497 e. The van der Waals surface area contributed by atoms with Crippen molar-refractivity contribution in [2.75, 3.05) is 26.8 Å². The second-order valence-electron chi connectivity index (χ2n) is 5.38. The molecule has 0 spiro atoms. The van der Waals surface area contributed by atoms with Gasteiger partial charge in [-0.15, -0.1) is 0 Å². The van der Waals surface area contributed by atoms with Gasteiger partial charge in [-0.25, -0.2) is 4.99 Å². The molecule has 0 aliphatic carbocycles. The van der Waals surface area contributed by atoms with Crippen LogP contribution in [0.5, 0.6) is 11.5 Å². The van der Waals surface area contributed by atoms with Crippen LogP contribution in [-0.2, 0) is 16.1 Å². The number of guanidine groups is 1. The Morgan fingerprint density at radius 2 is 2.04 bits per heavy atom. The van der Waals surface area contributed by atoms with Gasteiger partial charge in [0.15, 0.2) is 5.96 Å². The SMILES string of the molecule is CCNC(=NCc1cc(OC)ccc1OC(F)F)NCCCC(=O)OCC. The first-order chi connectivity index (χ1) is 13.0. The van der Waals surface area contributed by atoms with Crippen LogP contribution < -0.4 is 20.1 Å². The molecule has 1 rings (SSSR count). The highest BCUT2D eigenvalue weighted by Gasteiger charge is 2.11. The van der Waals surface area contributed by atoms with E-state index in [0.29, 0.717) is 49.8 Å². The maximum absolute atomic E-state index is 12.6. The number of nitrogens with one attached hydrogen (secondary N) is 2. The Morgan fingerprint density at radius 1 is 1.26 bits per heavy atom. The zero-order chi connectivity index (χ0) is 20.1. The number of halogens is 2. The van der Waals surface area contributed by atoms with Crippen LogP contribution in [0.2, 0.25) is 0 Å². The van der Waals surface area contributed by atoms with Crippen LogP contribution >= 0.6 is 0 Å². The van der Waals surface area contributed by atoms with Gasteiger partial charge in [0.2, 0.25) is 0 Å². The molecular weight excluding hydrogens is 360 g/mol.